The molecular weight excluding hydrogens is 292 g/mol. The van der Waals surface area contributed by atoms with E-state index in [9.17, 15) is 4.79 Å². The van der Waals surface area contributed by atoms with Crippen molar-refractivity contribution < 1.29 is 4.79 Å². The van der Waals surface area contributed by atoms with Gasteiger partial charge < -0.3 is 10.2 Å². The number of para-hydroxylation sites is 2. The second-order valence-corrected chi connectivity index (χ2v) is 5.67. The largest absolute Gasteiger partial charge is 0.351 e. The molecular formula is C16H16N6O. The van der Waals surface area contributed by atoms with E-state index in [1.807, 2.05) is 24.3 Å². The van der Waals surface area contributed by atoms with E-state index >= 15 is 0 Å². The first-order valence-corrected chi connectivity index (χ1v) is 7.46. The van der Waals surface area contributed by atoms with Crippen LogP contribution in [0.2, 0.25) is 0 Å². The highest BCUT2D eigenvalue weighted by Crippen LogP contribution is 2.20. The van der Waals surface area contributed by atoms with Crippen LogP contribution in [0.4, 0.5) is 5.82 Å². The third-order valence-corrected chi connectivity index (χ3v) is 3.92. The van der Waals surface area contributed by atoms with E-state index < -0.39 is 0 Å². The van der Waals surface area contributed by atoms with Gasteiger partial charge in [-0.3, -0.25) is 14.5 Å². The van der Waals surface area contributed by atoms with Crippen LogP contribution in [0.15, 0.2) is 42.7 Å². The average Bonchev–Trinajstić information content (AvgIpc) is 2.96. The molecule has 7 heteroatoms. The number of anilines is 1. The summed E-state index contributed by atoms with van der Waals surface area (Å²) in [5.41, 5.74) is 2.21. The van der Waals surface area contributed by atoms with Crippen LogP contribution in [-0.2, 0) is 7.05 Å². The van der Waals surface area contributed by atoms with Gasteiger partial charge in [-0.25, -0.2) is 4.98 Å². The van der Waals surface area contributed by atoms with Gasteiger partial charge in [-0.2, -0.15) is 5.10 Å². The lowest BCUT2D eigenvalue weighted by molar-refractivity contribution is 0.0924. The first-order valence-electron chi connectivity index (χ1n) is 7.46. The summed E-state index contributed by atoms with van der Waals surface area (Å²) in [4.78, 5) is 23.2. The molecule has 1 N–H and O–H groups in total. The Hall–Kier alpha value is -2.96. The van der Waals surface area contributed by atoms with Gasteiger partial charge in [0.05, 0.1) is 23.3 Å². The van der Waals surface area contributed by atoms with Crippen LogP contribution in [0.5, 0.6) is 0 Å². The van der Waals surface area contributed by atoms with Gasteiger partial charge in [0.1, 0.15) is 11.5 Å². The molecule has 0 radical (unpaired) electrons. The van der Waals surface area contributed by atoms with Gasteiger partial charge in [-0.15, -0.1) is 0 Å². The number of aryl methyl sites for hydroxylation is 1. The van der Waals surface area contributed by atoms with Crippen molar-refractivity contribution in [3.63, 3.8) is 0 Å². The zero-order valence-electron chi connectivity index (χ0n) is 12.7. The van der Waals surface area contributed by atoms with Crippen LogP contribution in [0.1, 0.15) is 10.5 Å². The molecule has 0 unspecified atom stereocenters. The van der Waals surface area contributed by atoms with Crippen LogP contribution >= 0.6 is 0 Å². The molecule has 1 aliphatic rings. The number of amides is 1. The quantitative estimate of drug-likeness (QED) is 0.780. The molecule has 3 heterocycles. The minimum absolute atomic E-state index is 0.109. The lowest BCUT2D eigenvalue weighted by Gasteiger charge is -2.40. The second kappa shape index (κ2) is 5.35. The molecule has 4 rings (SSSR count). The normalized spacial score (nSPS) is 14.7. The minimum Gasteiger partial charge on any atom is -0.351 e. The molecule has 2 aromatic heterocycles. The van der Waals surface area contributed by atoms with Crippen LogP contribution < -0.4 is 10.2 Å². The van der Waals surface area contributed by atoms with Crippen LogP contribution in [-0.4, -0.2) is 44.8 Å². The standard InChI is InChI=1S/C16H16N6O/c1-21-7-6-14(20-21)16(23)18-11-9-22(10-11)15-8-17-12-4-2-3-5-13(12)19-15/h2-8,11H,9-10H2,1H3,(H,18,23). The summed E-state index contributed by atoms with van der Waals surface area (Å²) in [6.45, 7) is 1.46. The number of rotatable bonds is 3. The number of hydrogen-bond acceptors (Lipinski definition) is 5. The molecule has 0 saturated carbocycles. The van der Waals surface area contributed by atoms with Crippen molar-refractivity contribution >= 4 is 22.8 Å². The molecule has 1 saturated heterocycles. The fourth-order valence-electron chi connectivity index (χ4n) is 2.65. The first kappa shape index (κ1) is 13.7. The van der Waals surface area contributed by atoms with Crippen molar-refractivity contribution in [3.8, 4) is 0 Å². The highest BCUT2D eigenvalue weighted by molar-refractivity contribution is 5.92. The Kier molecular flexibility index (Phi) is 3.18. The third kappa shape index (κ3) is 2.61. The van der Waals surface area contributed by atoms with E-state index in [-0.39, 0.29) is 11.9 Å². The number of nitrogens with zero attached hydrogens (tertiary/aromatic N) is 5. The number of hydrogen-bond donors (Lipinski definition) is 1. The van der Waals surface area contributed by atoms with Crippen LogP contribution in [0, 0.1) is 0 Å². The SMILES string of the molecule is Cn1ccc(C(=O)NC2CN(c3cnc4ccccc4n3)C2)n1. The summed E-state index contributed by atoms with van der Waals surface area (Å²) in [7, 11) is 1.79. The highest BCUT2D eigenvalue weighted by atomic mass is 16.2. The Morgan fingerprint density at radius 2 is 2.00 bits per heavy atom. The van der Waals surface area contributed by atoms with Gasteiger partial charge in [0.25, 0.3) is 5.91 Å². The van der Waals surface area contributed by atoms with E-state index in [2.05, 4.69) is 25.3 Å². The second-order valence-electron chi connectivity index (χ2n) is 5.67. The number of nitrogens with one attached hydrogen (secondary N) is 1. The number of fused-ring (bicyclic) bond motifs is 1. The van der Waals surface area contributed by atoms with Gasteiger partial charge >= 0.3 is 0 Å². The summed E-state index contributed by atoms with van der Waals surface area (Å²) in [6.07, 6.45) is 3.53. The maximum atomic E-state index is 12.0. The number of benzene rings is 1. The zero-order valence-corrected chi connectivity index (χ0v) is 12.7. The maximum absolute atomic E-state index is 12.0. The molecule has 116 valence electrons. The van der Waals surface area contributed by atoms with Crippen LogP contribution in [0.3, 0.4) is 0 Å². The monoisotopic (exact) mass is 308 g/mol. The van der Waals surface area contributed by atoms with Crippen molar-refractivity contribution in [1.82, 2.24) is 25.1 Å². The first-order chi connectivity index (χ1) is 11.2. The van der Waals surface area contributed by atoms with Crippen molar-refractivity contribution in [2.24, 2.45) is 7.05 Å². The smallest absolute Gasteiger partial charge is 0.272 e. The topological polar surface area (TPSA) is 75.9 Å². The van der Waals surface area contributed by atoms with Crippen molar-refractivity contribution in [2.75, 3.05) is 18.0 Å². The van der Waals surface area contributed by atoms with Gasteiger partial charge in [0, 0.05) is 26.3 Å². The van der Waals surface area contributed by atoms with Gasteiger partial charge in [0.2, 0.25) is 0 Å². The highest BCUT2D eigenvalue weighted by Gasteiger charge is 2.30. The Morgan fingerprint density at radius 3 is 2.74 bits per heavy atom. The summed E-state index contributed by atoms with van der Waals surface area (Å²) in [6, 6.07) is 9.61. The summed E-state index contributed by atoms with van der Waals surface area (Å²) < 4.78 is 1.62. The minimum atomic E-state index is -0.139. The molecule has 0 spiro atoms. The van der Waals surface area contributed by atoms with Gasteiger partial charge in [0.15, 0.2) is 0 Å². The Balaban J connectivity index is 1.39. The van der Waals surface area contributed by atoms with Crippen molar-refractivity contribution in [1.29, 1.82) is 0 Å². The zero-order chi connectivity index (χ0) is 15.8. The lowest BCUT2D eigenvalue weighted by Crippen LogP contribution is -2.59. The maximum Gasteiger partial charge on any atom is 0.272 e. The number of carbonyl (C=O) groups is 1. The molecule has 1 aliphatic heterocycles. The summed E-state index contributed by atoms with van der Waals surface area (Å²) >= 11 is 0. The summed E-state index contributed by atoms with van der Waals surface area (Å²) in [5, 5.41) is 7.08. The van der Waals surface area contributed by atoms with Crippen molar-refractivity contribution in [2.45, 2.75) is 6.04 Å². The molecule has 23 heavy (non-hydrogen) atoms. The molecule has 0 atom stereocenters. The molecule has 1 aromatic carbocycles. The average molecular weight is 308 g/mol. The van der Waals surface area contributed by atoms with E-state index in [0.717, 1.165) is 29.9 Å². The Bertz CT molecular complexity index is 868. The van der Waals surface area contributed by atoms with Crippen LogP contribution in [0.25, 0.3) is 11.0 Å². The Morgan fingerprint density at radius 1 is 1.22 bits per heavy atom. The fourth-order valence-corrected chi connectivity index (χ4v) is 2.65. The number of carbonyl (C=O) groups excluding carboxylic acids is 1. The van der Waals surface area contributed by atoms with E-state index in [1.165, 1.54) is 0 Å². The van der Waals surface area contributed by atoms with Gasteiger partial charge in [-0.05, 0) is 18.2 Å². The van der Waals surface area contributed by atoms with E-state index in [4.69, 9.17) is 0 Å². The predicted molar refractivity (Wildman–Crippen MR) is 86.2 cm³/mol. The molecule has 0 bridgehead atoms. The Labute approximate surface area is 133 Å². The van der Waals surface area contributed by atoms with E-state index in [1.54, 1.807) is 30.2 Å². The fraction of sp³-hybridized carbons (Fsp3) is 0.250. The van der Waals surface area contributed by atoms with E-state index in [0.29, 0.717) is 5.69 Å². The molecule has 7 nitrogen and oxygen atoms in total. The number of aromatic nitrogens is 4. The lowest BCUT2D eigenvalue weighted by atomic mass is 10.1. The molecule has 3 aromatic rings. The molecule has 0 aliphatic carbocycles. The van der Waals surface area contributed by atoms with Gasteiger partial charge in [-0.1, -0.05) is 12.1 Å². The molecule has 1 amide bonds. The molecule has 1 fully saturated rings. The third-order valence-electron chi connectivity index (χ3n) is 3.92. The predicted octanol–water partition coefficient (Wildman–Crippen LogP) is 0.982. The van der Waals surface area contributed by atoms with Crippen molar-refractivity contribution in [3.05, 3.63) is 48.4 Å². The summed E-state index contributed by atoms with van der Waals surface area (Å²) in [5.74, 6) is 0.701.